The van der Waals surface area contributed by atoms with Crippen LogP contribution < -0.4 is 5.32 Å². The Balaban J connectivity index is 2.25. The standard InChI is InChI=1S/C12H11FN2/c1-9-7-11(13)15-12(8-9)14-10-5-3-2-4-6-10/h2-8H,1H3,(H,14,15). The third kappa shape index (κ3) is 2.53. The van der Waals surface area contributed by atoms with E-state index in [1.807, 2.05) is 37.3 Å². The fourth-order valence-corrected chi connectivity index (χ4v) is 1.36. The molecule has 0 saturated heterocycles. The van der Waals surface area contributed by atoms with Gasteiger partial charge in [-0.05, 0) is 36.8 Å². The summed E-state index contributed by atoms with van der Waals surface area (Å²) in [5.41, 5.74) is 1.75. The van der Waals surface area contributed by atoms with Gasteiger partial charge in [0, 0.05) is 5.69 Å². The molecule has 1 aromatic carbocycles. The number of hydrogen-bond acceptors (Lipinski definition) is 2. The van der Waals surface area contributed by atoms with Crippen LogP contribution in [0.15, 0.2) is 42.5 Å². The van der Waals surface area contributed by atoms with Gasteiger partial charge < -0.3 is 5.32 Å². The quantitative estimate of drug-likeness (QED) is 0.756. The van der Waals surface area contributed by atoms with E-state index >= 15 is 0 Å². The van der Waals surface area contributed by atoms with E-state index in [2.05, 4.69) is 10.3 Å². The Labute approximate surface area is 87.8 Å². The van der Waals surface area contributed by atoms with Crippen LogP contribution in [0, 0.1) is 12.9 Å². The van der Waals surface area contributed by atoms with Crippen LogP contribution in [0.1, 0.15) is 5.56 Å². The second-order valence-corrected chi connectivity index (χ2v) is 3.34. The van der Waals surface area contributed by atoms with Crippen molar-refractivity contribution in [2.75, 3.05) is 5.32 Å². The summed E-state index contributed by atoms with van der Waals surface area (Å²) in [6.07, 6.45) is 0. The molecule has 0 atom stereocenters. The minimum absolute atomic E-state index is 0.464. The Morgan fingerprint density at radius 3 is 2.53 bits per heavy atom. The second kappa shape index (κ2) is 4.09. The van der Waals surface area contributed by atoms with Crippen molar-refractivity contribution in [3.05, 3.63) is 54.0 Å². The molecule has 2 nitrogen and oxygen atoms in total. The molecule has 0 spiro atoms. The number of aryl methyl sites for hydroxylation is 1. The van der Waals surface area contributed by atoms with Crippen molar-refractivity contribution in [2.24, 2.45) is 0 Å². The molecule has 3 heteroatoms. The lowest BCUT2D eigenvalue weighted by Crippen LogP contribution is -1.95. The van der Waals surface area contributed by atoms with Crippen LogP contribution in [0.4, 0.5) is 15.9 Å². The second-order valence-electron chi connectivity index (χ2n) is 3.34. The summed E-state index contributed by atoms with van der Waals surface area (Å²) in [5.74, 6) is 0.0622. The summed E-state index contributed by atoms with van der Waals surface area (Å²) in [5, 5.41) is 3.03. The van der Waals surface area contributed by atoms with Gasteiger partial charge in [-0.1, -0.05) is 18.2 Å². The molecule has 0 radical (unpaired) electrons. The summed E-state index contributed by atoms with van der Waals surface area (Å²) >= 11 is 0. The van der Waals surface area contributed by atoms with Gasteiger partial charge in [-0.15, -0.1) is 0 Å². The molecule has 76 valence electrons. The molecule has 0 saturated carbocycles. The largest absolute Gasteiger partial charge is 0.340 e. The molecule has 2 rings (SSSR count). The zero-order chi connectivity index (χ0) is 10.7. The van der Waals surface area contributed by atoms with E-state index in [0.29, 0.717) is 5.82 Å². The lowest BCUT2D eigenvalue weighted by Gasteiger charge is -2.05. The maximum Gasteiger partial charge on any atom is 0.215 e. The minimum atomic E-state index is -0.464. The number of benzene rings is 1. The summed E-state index contributed by atoms with van der Waals surface area (Å²) in [4.78, 5) is 3.75. The summed E-state index contributed by atoms with van der Waals surface area (Å²) < 4.78 is 13.0. The molecular weight excluding hydrogens is 191 g/mol. The number of hydrogen-bond donors (Lipinski definition) is 1. The predicted octanol–water partition coefficient (Wildman–Crippen LogP) is 3.27. The third-order valence-electron chi connectivity index (χ3n) is 1.98. The first-order valence-electron chi connectivity index (χ1n) is 4.70. The van der Waals surface area contributed by atoms with Crippen molar-refractivity contribution < 1.29 is 4.39 Å². The third-order valence-corrected chi connectivity index (χ3v) is 1.98. The molecule has 1 heterocycles. The van der Waals surface area contributed by atoms with Gasteiger partial charge in [-0.2, -0.15) is 4.39 Å². The fraction of sp³-hybridized carbons (Fsp3) is 0.0833. The topological polar surface area (TPSA) is 24.9 Å². The van der Waals surface area contributed by atoms with E-state index in [1.54, 1.807) is 6.07 Å². The van der Waals surface area contributed by atoms with Gasteiger partial charge in [0.2, 0.25) is 5.95 Å². The molecule has 0 amide bonds. The smallest absolute Gasteiger partial charge is 0.215 e. The van der Waals surface area contributed by atoms with Gasteiger partial charge >= 0.3 is 0 Å². The zero-order valence-electron chi connectivity index (χ0n) is 8.37. The first-order chi connectivity index (χ1) is 7.24. The van der Waals surface area contributed by atoms with E-state index in [0.717, 1.165) is 11.3 Å². The maximum atomic E-state index is 13.0. The summed E-state index contributed by atoms with van der Waals surface area (Å²) in [6, 6.07) is 12.8. The Morgan fingerprint density at radius 2 is 1.87 bits per heavy atom. The van der Waals surface area contributed by atoms with Gasteiger partial charge in [0.15, 0.2) is 0 Å². The van der Waals surface area contributed by atoms with Crippen molar-refractivity contribution >= 4 is 11.5 Å². The summed E-state index contributed by atoms with van der Waals surface area (Å²) in [7, 11) is 0. The molecule has 0 fully saturated rings. The van der Waals surface area contributed by atoms with Crippen LogP contribution in [-0.4, -0.2) is 4.98 Å². The lowest BCUT2D eigenvalue weighted by molar-refractivity contribution is 0.584. The van der Waals surface area contributed by atoms with Gasteiger partial charge in [0.25, 0.3) is 0 Å². The van der Waals surface area contributed by atoms with Gasteiger partial charge in [-0.25, -0.2) is 4.98 Å². The number of pyridine rings is 1. The average Bonchev–Trinajstić information content (AvgIpc) is 2.17. The number of rotatable bonds is 2. The molecule has 0 bridgehead atoms. The van der Waals surface area contributed by atoms with Crippen LogP contribution in [0.3, 0.4) is 0 Å². The van der Waals surface area contributed by atoms with Crippen molar-refractivity contribution in [1.29, 1.82) is 0 Å². The molecular formula is C12H11FN2. The van der Waals surface area contributed by atoms with Gasteiger partial charge in [0.05, 0.1) is 0 Å². The molecule has 1 aromatic heterocycles. The number of aromatic nitrogens is 1. The van der Waals surface area contributed by atoms with E-state index in [4.69, 9.17) is 0 Å². The number of anilines is 2. The highest BCUT2D eigenvalue weighted by molar-refractivity contribution is 5.56. The average molecular weight is 202 g/mol. The number of nitrogens with one attached hydrogen (secondary N) is 1. The van der Waals surface area contributed by atoms with E-state index < -0.39 is 5.95 Å². The van der Waals surface area contributed by atoms with Crippen molar-refractivity contribution in [2.45, 2.75) is 6.92 Å². The molecule has 0 unspecified atom stereocenters. The van der Waals surface area contributed by atoms with Crippen molar-refractivity contribution in [1.82, 2.24) is 4.98 Å². The fourth-order valence-electron chi connectivity index (χ4n) is 1.36. The monoisotopic (exact) mass is 202 g/mol. The SMILES string of the molecule is Cc1cc(F)nc(Nc2ccccc2)c1. The molecule has 1 N–H and O–H groups in total. The minimum Gasteiger partial charge on any atom is -0.340 e. The lowest BCUT2D eigenvalue weighted by atomic mass is 10.3. The van der Waals surface area contributed by atoms with E-state index in [1.165, 1.54) is 6.07 Å². The molecule has 15 heavy (non-hydrogen) atoms. The van der Waals surface area contributed by atoms with E-state index in [-0.39, 0.29) is 0 Å². The van der Waals surface area contributed by atoms with E-state index in [9.17, 15) is 4.39 Å². The molecule has 0 aliphatic rings. The normalized spacial score (nSPS) is 10.0. The van der Waals surface area contributed by atoms with Crippen LogP contribution in [0.5, 0.6) is 0 Å². The molecule has 2 aromatic rings. The van der Waals surface area contributed by atoms with Crippen LogP contribution in [-0.2, 0) is 0 Å². The van der Waals surface area contributed by atoms with Crippen LogP contribution >= 0.6 is 0 Å². The Morgan fingerprint density at radius 1 is 1.13 bits per heavy atom. The van der Waals surface area contributed by atoms with Crippen LogP contribution in [0.2, 0.25) is 0 Å². The Bertz CT molecular complexity index is 434. The molecule has 0 aliphatic carbocycles. The summed E-state index contributed by atoms with van der Waals surface area (Å²) in [6.45, 7) is 1.83. The first kappa shape index (κ1) is 9.65. The number of para-hydroxylation sites is 1. The first-order valence-corrected chi connectivity index (χ1v) is 4.70. The number of halogens is 1. The maximum absolute atomic E-state index is 13.0. The van der Waals surface area contributed by atoms with Crippen LogP contribution in [0.25, 0.3) is 0 Å². The van der Waals surface area contributed by atoms with Crippen molar-refractivity contribution in [3.63, 3.8) is 0 Å². The predicted molar refractivity (Wildman–Crippen MR) is 58.7 cm³/mol. The Hall–Kier alpha value is -1.90. The highest BCUT2D eigenvalue weighted by Crippen LogP contribution is 2.15. The Kier molecular flexibility index (Phi) is 2.63. The van der Waals surface area contributed by atoms with Gasteiger partial charge in [-0.3, -0.25) is 0 Å². The zero-order valence-corrected chi connectivity index (χ0v) is 8.37. The van der Waals surface area contributed by atoms with Crippen molar-refractivity contribution in [3.8, 4) is 0 Å². The number of nitrogens with zero attached hydrogens (tertiary/aromatic N) is 1. The van der Waals surface area contributed by atoms with Gasteiger partial charge in [0.1, 0.15) is 5.82 Å². The highest BCUT2D eigenvalue weighted by Gasteiger charge is 1.99. The molecule has 0 aliphatic heterocycles. The highest BCUT2D eigenvalue weighted by atomic mass is 19.1.